The second kappa shape index (κ2) is 11.3. The highest BCUT2D eigenvalue weighted by atomic mass is 35.5. The minimum Gasteiger partial charge on any atom is -0.308 e. The van der Waals surface area contributed by atoms with Gasteiger partial charge < -0.3 is 4.90 Å². The van der Waals surface area contributed by atoms with Gasteiger partial charge in [-0.1, -0.05) is 23.8 Å². The van der Waals surface area contributed by atoms with Crippen LogP contribution >= 0.6 is 23.7 Å². The summed E-state index contributed by atoms with van der Waals surface area (Å²) < 4.78 is 28.6. The van der Waals surface area contributed by atoms with Crippen LogP contribution in [0, 0.1) is 13.8 Å². The number of carbonyl (C=O) groups is 1. The van der Waals surface area contributed by atoms with Crippen LogP contribution in [0.5, 0.6) is 0 Å². The van der Waals surface area contributed by atoms with E-state index in [-0.39, 0.29) is 23.2 Å². The van der Waals surface area contributed by atoms with Crippen LogP contribution in [0.3, 0.4) is 0 Å². The van der Waals surface area contributed by atoms with Gasteiger partial charge in [-0.2, -0.15) is 4.31 Å². The minimum atomic E-state index is -3.53. The number of carbonyl (C=O) groups excluding carboxylic acids is 1. The number of hydrogen-bond acceptors (Lipinski definition) is 6. The molecule has 3 aromatic rings. The van der Waals surface area contributed by atoms with Crippen molar-refractivity contribution in [2.75, 3.05) is 45.2 Å². The Kier molecular flexibility index (Phi) is 8.93. The molecule has 190 valence electrons. The number of thiazole rings is 1. The highest BCUT2D eigenvalue weighted by Crippen LogP contribution is 2.33. The second-order valence-corrected chi connectivity index (χ2v) is 12.1. The van der Waals surface area contributed by atoms with Crippen LogP contribution in [0.4, 0.5) is 5.13 Å². The van der Waals surface area contributed by atoms with E-state index in [0.717, 1.165) is 40.6 Å². The number of likely N-dealkylation sites (N-methyl/N-ethyl adjacent to an activating group) is 1. The maximum Gasteiger partial charge on any atom is 0.260 e. The van der Waals surface area contributed by atoms with Gasteiger partial charge in [-0.15, -0.1) is 12.4 Å². The molecule has 1 saturated heterocycles. The Bertz CT molecular complexity index is 1280. The SMILES string of the molecule is Cc1cc(C)c2sc(N(CCN(C)C)C(=O)c3ccc(S(=O)(=O)N4CCCCC4)cc3)nc2c1.Cl. The average molecular weight is 537 g/mol. The van der Waals surface area contributed by atoms with E-state index >= 15 is 0 Å². The van der Waals surface area contributed by atoms with Crippen molar-refractivity contribution in [1.82, 2.24) is 14.2 Å². The van der Waals surface area contributed by atoms with Gasteiger partial charge >= 0.3 is 0 Å². The van der Waals surface area contributed by atoms with Crippen molar-refractivity contribution in [2.24, 2.45) is 0 Å². The van der Waals surface area contributed by atoms with Crippen LogP contribution in [0.1, 0.15) is 40.7 Å². The lowest BCUT2D eigenvalue weighted by atomic mass is 10.1. The van der Waals surface area contributed by atoms with Crippen LogP contribution in [0.15, 0.2) is 41.3 Å². The fourth-order valence-electron chi connectivity index (χ4n) is 4.24. The number of piperidine rings is 1. The summed E-state index contributed by atoms with van der Waals surface area (Å²) in [5.74, 6) is -0.183. The predicted octanol–water partition coefficient (Wildman–Crippen LogP) is 4.72. The number of fused-ring (bicyclic) bond motifs is 1. The van der Waals surface area contributed by atoms with Crippen molar-refractivity contribution in [3.05, 3.63) is 53.1 Å². The summed E-state index contributed by atoms with van der Waals surface area (Å²) in [4.78, 5) is 22.3. The summed E-state index contributed by atoms with van der Waals surface area (Å²) in [5, 5.41) is 0.653. The molecule has 2 aromatic carbocycles. The topological polar surface area (TPSA) is 73.8 Å². The Labute approximate surface area is 218 Å². The molecule has 0 unspecified atom stereocenters. The van der Waals surface area contributed by atoms with E-state index in [9.17, 15) is 13.2 Å². The zero-order valence-electron chi connectivity index (χ0n) is 20.7. The van der Waals surface area contributed by atoms with Gasteiger partial charge in [-0.05, 0) is 82.2 Å². The van der Waals surface area contributed by atoms with Crippen LogP contribution in [0.2, 0.25) is 0 Å². The molecule has 1 aliphatic rings. The smallest absolute Gasteiger partial charge is 0.260 e. The van der Waals surface area contributed by atoms with Gasteiger partial charge in [0.05, 0.1) is 15.1 Å². The van der Waals surface area contributed by atoms with Gasteiger partial charge in [0.2, 0.25) is 10.0 Å². The number of amides is 1. The Hall–Kier alpha value is -2.04. The van der Waals surface area contributed by atoms with E-state index in [1.54, 1.807) is 33.5 Å². The Morgan fingerprint density at radius 3 is 2.31 bits per heavy atom. The molecule has 1 amide bonds. The van der Waals surface area contributed by atoms with Crippen LogP contribution < -0.4 is 4.90 Å². The minimum absolute atomic E-state index is 0. The number of aromatic nitrogens is 1. The molecule has 0 N–H and O–H groups in total. The van der Waals surface area contributed by atoms with Gasteiger partial charge in [0.15, 0.2) is 5.13 Å². The summed E-state index contributed by atoms with van der Waals surface area (Å²) in [6.07, 6.45) is 2.84. The number of rotatable bonds is 7. The lowest BCUT2D eigenvalue weighted by molar-refractivity contribution is 0.0985. The van der Waals surface area contributed by atoms with Crippen molar-refractivity contribution in [3.63, 3.8) is 0 Å². The molecule has 1 fully saturated rings. The van der Waals surface area contributed by atoms with Crippen molar-refractivity contribution >= 4 is 55.0 Å². The van der Waals surface area contributed by atoms with Crippen LogP contribution in [-0.4, -0.2) is 68.8 Å². The number of benzene rings is 2. The van der Waals surface area contributed by atoms with E-state index in [0.29, 0.717) is 36.9 Å². The molecule has 0 saturated carbocycles. The molecule has 0 radical (unpaired) electrons. The summed E-state index contributed by atoms with van der Waals surface area (Å²) >= 11 is 1.51. The molecule has 4 rings (SSSR count). The van der Waals surface area contributed by atoms with Gasteiger partial charge in [-0.3, -0.25) is 9.69 Å². The number of halogens is 1. The molecule has 0 aliphatic carbocycles. The Morgan fingerprint density at radius 2 is 1.69 bits per heavy atom. The number of anilines is 1. The number of sulfonamides is 1. The average Bonchev–Trinajstić information content (AvgIpc) is 3.23. The van der Waals surface area contributed by atoms with E-state index in [2.05, 4.69) is 13.0 Å². The van der Waals surface area contributed by atoms with Gasteiger partial charge in [0.25, 0.3) is 5.91 Å². The zero-order chi connectivity index (χ0) is 24.5. The number of nitrogens with zero attached hydrogens (tertiary/aromatic N) is 4. The first kappa shape index (κ1) is 27.5. The molecule has 2 heterocycles. The van der Waals surface area contributed by atoms with E-state index in [4.69, 9.17) is 4.98 Å². The summed E-state index contributed by atoms with van der Waals surface area (Å²) in [5.41, 5.74) is 3.62. The quantitative estimate of drug-likeness (QED) is 0.437. The molecule has 0 bridgehead atoms. The highest BCUT2D eigenvalue weighted by molar-refractivity contribution is 7.89. The fourth-order valence-corrected chi connectivity index (χ4v) is 6.80. The maximum absolute atomic E-state index is 13.6. The third-order valence-electron chi connectivity index (χ3n) is 6.11. The third-order valence-corrected chi connectivity index (χ3v) is 9.25. The highest BCUT2D eigenvalue weighted by Gasteiger charge is 2.27. The molecule has 35 heavy (non-hydrogen) atoms. The number of hydrogen-bond donors (Lipinski definition) is 0. The largest absolute Gasteiger partial charge is 0.308 e. The normalized spacial score (nSPS) is 14.8. The maximum atomic E-state index is 13.6. The lowest BCUT2D eigenvalue weighted by Crippen LogP contribution is -2.37. The molecule has 7 nitrogen and oxygen atoms in total. The summed E-state index contributed by atoms with van der Waals surface area (Å²) in [7, 11) is 0.401. The first-order valence-electron chi connectivity index (χ1n) is 11.6. The summed E-state index contributed by atoms with van der Waals surface area (Å²) in [6, 6.07) is 10.5. The number of aryl methyl sites for hydroxylation is 2. The first-order chi connectivity index (χ1) is 16.2. The molecule has 0 atom stereocenters. The van der Waals surface area contributed by atoms with E-state index < -0.39 is 10.0 Å². The Morgan fingerprint density at radius 1 is 1.03 bits per heavy atom. The van der Waals surface area contributed by atoms with E-state index in [1.165, 1.54) is 11.3 Å². The van der Waals surface area contributed by atoms with Crippen LogP contribution in [-0.2, 0) is 10.0 Å². The third kappa shape index (κ3) is 6.03. The van der Waals surface area contributed by atoms with Crippen LogP contribution in [0.25, 0.3) is 10.2 Å². The molecule has 1 aliphatic heterocycles. The standard InChI is InChI=1S/C25H32N4O3S2.ClH/c1-18-16-19(2)23-22(17-18)26-25(33-23)29(15-14-27(3)4)24(30)20-8-10-21(11-9-20)34(31,32)28-12-6-5-7-13-28;/h8-11,16-17H,5-7,12-15H2,1-4H3;1H. The Balaban J connectivity index is 0.00000342. The lowest BCUT2D eigenvalue weighted by Gasteiger charge is -2.26. The van der Waals surface area contributed by atoms with E-state index in [1.807, 2.05) is 32.0 Å². The molecular formula is C25H33ClN4O3S2. The molecule has 0 spiro atoms. The monoisotopic (exact) mass is 536 g/mol. The first-order valence-corrected chi connectivity index (χ1v) is 13.9. The van der Waals surface area contributed by atoms with Gasteiger partial charge in [-0.25, -0.2) is 13.4 Å². The predicted molar refractivity (Wildman–Crippen MR) is 146 cm³/mol. The van der Waals surface area contributed by atoms with Crippen molar-refractivity contribution < 1.29 is 13.2 Å². The van der Waals surface area contributed by atoms with Gasteiger partial charge in [0.1, 0.15) is 0 Å². The second-order valence-electron chi connectivity index (χ2n) is 9.18. The molecular weight excluding hydrogens is 504 g/mol. The zero-order valence-corrected chi connectivity index (χ0v) is 23.1. The van der Waals surface area contributed by atoms with Crippen molar-refractivity contribution in [3.8, 4) is 0 Å². The van der Waals surface area contributed by atoms with Gasteiger partial charge in [0, 0.05) is 31.7 Å². The van der Waals surface area contributed by atoms with Crippen molar-refractivity contribution in [1.29, 1.82) is 0 Å². The molecule has 10 heteroatoms. The van der Waals surface area contributed by atoms with Crippen molar-refractivity contribution in [2.45, 2.75) is 38.0 Å². The summed E-state index contributed by atoms with van der Waals surface area (Å²) in [6.45, 7) is 6.37. The fraction of sp³-hybridized carbons (Fsp3) is 0.440. The molecule has 1 aromatic heterocycles.